The summed E-state index contributed by atoms with van der Waals surface area (Å²) in [6.45, 7) is 1.47. The predicted octanol–water partition coefficient (Wildman–Crippen LogP) is 3.27. The van der Waals surface area contributed by atoms with Crippen LogP contribution in [0, 0.1) is 5.82 Å². The lowest BCUT2D eigenvalue weighted by molar-refractivity contribution is -0.121. The molecular weight excluding hydrogens is 461 g/mol. The number of para-hydroxylation sites is 1. The van der Waals surface area contributed by atoms with Crippen LogP contribution in [0.15, 0.2) is 82.8 Å². The molecule has 3 aromatic rings. The number of rotatable bonds is 10. The molecule has 0 bridgehead atoms. The number of ether oxygens (including phenoxy) is 1. The van der Waals surface area contributed by atoms with Crippen molar-refractivity contribution in [1.82, 2.24) is 9.73 Å². The number of hydrogen-bond donors (Lipinski definition) is 2. The molecule has 1 amide bonds. The third-order valence-electron chi connectivity index (χ3n) is 4.70. The Hall–Kier alpha value is -3.76. The minimum absolute atomic E-state index is 0.0195. The van der Waals surface area contributed by atoms with Gasteiger partial charge in [0.15, 0.2) is 11.5 Å². The van der Waals surface area contributed by atoms with Crippen LogP contribution >= 0.6 is 0 Å². The molecule has 34 heavy (non-hydrogen) atoms. The molecule has 0 aliphatic carbocycles. The molecule has 0 saturated heterocycles. The first-order valence-electron chi connectivity index (χ1n) is 10.4. The number of hydrogen-bond acceptors (Lipinski definition) is 6. The fourth-order valence-electron chi connectivity index (χ4n) is 3.05. The lowest BCUT2D eigenvalue weighted by atomic mass is 10.2. The predicted molar refractivity (Wildman–Crippen MR) is 125 cm³/mol. The molecule has 3 aromatic carbocycles. The van der Waals surface area contributed by atoms with Gasteiger partial charge in [-0.1, -0.05) is 36.4 Å². The van der Waals surface area contributed by atoms with Crippen LogP contribution in [0.1, 0.15) is 18.1 Å². The van der Waals surface area contributed by atoms with Gasteiger partial charge in [-0.05, 0) is 48.9 Å². The van der Waals surface area contributed by atoms with E-state index in [2.05, 4.69) is 10.5 Å². The summed E-state index contributed by atoms with van der Waals surface area (Å²) in [4.78, 5) is 12.6. The first-order chi connectivity index (χ1) is 16.3. The van der Waals surface area contributed by atoms with Gasteiger partial charge in [-0.2, -0.15) is 9.41 Å². The number of phenolic OH excluding ortho intramolecular Hbond substituents is 1. The Morgan fingerprint density at radius 1 is 1.09 bits per heavy atom. The molecule has 0 fully saturated rings. The number of nitrogens with one attached hydrogen (secondary N) is 1. The van der Waals surface area contributed by atoms with E-state index in [4.69, 9.17) is 4.74 Å². The molecule has 0 unspecified atom stereocenters. The van der Waals surface area contributed by atoms with E-state index in [1.807, 2.05) is 0 Å². The molecule has 0 saturated carbocycles. The zero-order valence-corrected chi connectivity index (χ0v) is 19.2. The average Bonchev–Trinajstić information content (AvgIpc) is 2.83. The van der Waals surface area contributed by atoms with Gasteiger partial charge in [0.1, 0.15) is 5.82 Å². The van der Waals surface area contributed by atoms with Gasteiger partial charge in [0.05, 0.1) is 24.3 Å². The van der Waals surface area contributed by atoms with E-state index in [1.54, 1.807) is 43.3 Å². The minimum atomic E-state index is -4.03. The monoisotopic (exact) mass is 485 g/mol. The van der Waals surface area contributed by atoms with Crippen molar-refractivity contribution in [3.8, 4) is 11.5 Å². The smallest absolute Gasteiger partial charge is 0.255 e. The highest BCUT2D eigenvalue weighted by molar-refractivity contribution is 7.89. The molecule has 8 nitrogen and oxygen atoms in total. The van der Waals surface area contributed by atoms with E-state index in [0.29, 0.717) is 17.7 Å². The summed E-state index contributed by atoms with van der Waals surface area (Å²) < 4.78 is 45.9. The van der Waals surface area contributed by atoms with Crippen LogP contribution in [-0.2, 0) is 21.4 Å². The number of benzene rings is 3. The fourth-order valence-corrected chi connectivity index (χ4v) is 4.45. The Kier molecular flexibility index (Phi) is 8.34. The van der Waals surface area contributed by atoms with Crippen LogP contribution in [0.2, 0.25) is 0 Å². The minimum Gasteiger partial charge on any atom is -0.504 e. The Bertz CT molecular complexity index is 1250. The Labute approximate surface area is 197 Å². The SMILES string of the molecule is CCOc1cccc(/C=N\NC(=O)CN(Cc2ccc(F)cc2)S(=O)(=O)c2ccccc2)c1O. The number of carbonyl (C=O) groups is 1. The van der Waals surface area contributed by atoms with Crippen molar-refractivity contribution in [2.75, 3.05) is 13.2 Å². The number of phenols is 1. The van der Waals surface area contributed by atoms with Crippen LogP contribution in [0.25, 0.3) is 0 Å². The van der Waals surface area contributed by atoms with Crippen molar-refractivity contribution in [2.45, 2.75) is 18.4 Å². The number of nitrogens with zero attached hydrogens (tertiary/aromatic N) is 2. The lowest BCUT2D eigenvalue weighted by Gasteiger charge is -2.21. The topological polar surface area (TPSA) is 108 Å². The number of aromatic hydroxyl groups is 1. The third kappa shape index (κ3) is 6.40. The summed E-state index contributed by atoms with van der Waals surface area (Å²) in [5, 5.41) is 14.0. The van der Waals surface area contributed by atoms with Crippen molar-refractivity contribution in [3.63, 3.8) is 0 Å². The van der Waals surface area contributed by atoms with Crippen LogP contribution < -0.4 is 10.2 Å². The van der Waals surface area contributed by atoms with Crippen molar-refractivity contribution < 1.29 is 27.4 Å². The summed E-state index contributed by atoms with van der Waals surface area (Å²) >= 11 is 0. The van der Waals surface area contributed by atoms with E-state index in [-0.39, 0.29) is 22.9 Å². The Morgan fingerprint density at radius 3 is 2.47 bits per heavy atom. The first-order valence-corrected chi connectivity index (χ1v) is 11.8. The Morgan fingerprint density at radius 2 is 1.79 bits per heavy atom. The first kappa shape index (κ1) is 24.9. The summed E-state index contributed by atoms with van der Waals surface area (Å²) in [5.74, 6) is -1.01. The maximum absolute atomic E-state index is 13.3. The second-order valence-electron chi connectivity index (χ2n) is 7.13. The molecule has 0 radical (unpaired) electrons. The molecule has 10 heteroatoms. The molecule has 0 aliphatic heterocycles. The average molecular weight is 486 g/mol. The second kappa shape index (κ2) is 11.4. The lowest BCUT2D eigenvalue weighted by Crippen LogP contribution is -2.39. The van der Waals surface area contributed by atoms with E-state index in [0.717, 1.165) is 4.31 Å². The van der Waals surface area contributed by atoms with Gasteiger partial charge in [0.25, 0.3) is 5.91 Å². The van der Waals surface area contributed by atoms with Gasteiger partial charge in [-0.25, -0.2) is 18.2 Å². The summed E-state index contributed by atoms with van der Waals surface area (Å²) in [6, 6.07) is 17.9. The second-order valence-corrected chi connectivity index (χ2v) is 9.07. The van der Waals surface area contributed by atoms with Gasteiger partial charge in [0.2, 0.25) is 10.0 Å². The molecule has 3 rings (SSSR count). The Balaban J connectivity index is 1.76. The van der Waals surface area contributed by atoms with Crippen molar-refractivity contribution in [3.05, 3.63) is 89.7 Å². The van der Waals surface area contributed by atoms with Crippen molar-refractivity contribution in [1.29, 1.82) is 0 Å². The molecule has 0 spiro atoms. The number of hydrazone groups is 1. The van der Waals surface area contributed by atoms with E-state index >= 15 is 0 Å². The highest BCUT2D eigenvalue weighted by Crippen LogP contribution is 2.28. The molecular formula is C24H24FN3O5S. The molecule has 178 valence electrons. The highest BCUT2D eigenvalue weighted by Gasteiger charge is 2.26. The van der Waals surface area contributed by atoms with Gasteiger partial charge in [0, 0.05) is 12.1 Å². The zero-order chi connectivity index (χ0) is 24.6. The van der Waals surface area contributed by atoms with E-state index < -0.39 is 28.3 Å². The largest absolute Gasteiger partial charge is 0.504 e. The number of amides is 1. The zero-order valence-electron chi connectivity index (χ0n) is 18.4. The summed E-state index contributed by atoms with van der Waals surface area (Å²) in [7, 11) is -4.03. The fraction of sp³-hybridized carbons (Fsp3) is 0.167. The number of carbonyl (C=O) groups excluding carboxylic acids is 1. The third-order valence-corrected chi connectivity index (χ3v) is 6.50. The number of halogens is 1. The van der Waals surface area contributed by atoms with Crippen molar-refractivity contribution in [2.24, 2.45) is 5.10 Å². The molecule has 2 N–H and O–H groups in total. The maximum atomic E-state index is 13.3. The standard InChI is InChI=1S/C24H24FN3O5S/c1-2-33-22-10-6-7-19(24(22)30)15-26-27-23(29)17-28(16-18-11-13-20(25)14-12-18)34(31,32)21-8-4-3-5-9-21/h3-15,30H,2,16-17H2,1H3,(H,27,29)/b26-15-. The van der Waals surface area contributed by atoms with Gasteiger partial charge < -0.3 is 9.84 Å². The van der Waals surface area contributed by atoms with Gasteiger partial charge >= 0.3 is 0 Å². The molecule has 0 aromatic heterocycles. The van der Waals surface area contributed by atoms with Crippen LogP contribution in [0.5, 0.6) is 11.5 Å². The normalized spacial score (nSPS) is 11.6. The highest BCUT2D eigenvalue weighted by atomic mass is 32.2. The summed E-state index contributed by atoms with van der Waals surface area (Å²) in [6.07, 6.45) is 1.23. The number of sulfonamides is 1. The van der Waals surface area contributed by atoms with E-state index in [1.165, 1.54) is 42.6 Å². The van der Waals surface area contributed by atoms with Crippen molar-refractivity contribution >= 4 is 22.1 Å². The molecule has 0 atom stereocenters. The molecule has 0 aliphatic rings. The van der Waals surface area contributed by atoms with Gasteiger partial charge in [-0.3, -0.25) is 4.79 Å². The van der Waals surface area contributed by atoms with Crippen LogP contribution in [0.3, 0.4) is 0 Å². The van der Waals surface area contributed by atoms with Crippen LogP contribution in [0.4, 0.5) is 4.39 Å². The summed E-state index contributed by atoms with van der Waals surface area (Å²) in [5.41, 5.74) is 3.09. The molecule has 0 heterocycles. The quantitative estimate of drug-likeness (QED) is 0.339. The van der Waals surface area contributed by atoms with Crippen LogP contribution in [-0.4, -0.2) is 43.1 Å². The van der Waals surface area contributed by atoms with E-state index in [9.17, 15) is 22.7 Å². The maximum Gasteiger partial charge on any atom is 0.255 e. The van der Waals surface area contributed by atoms with Gasteiger partial charge in [-0.15, -0.1) is 0 Å².